The molecule has 1 aromatic carbocycles. The summed E-state index contributed by atoms with van der Waals surface area (Å²) in [6.45, 7) is 2.78. The molecule has 2 aliphatic heterocycles. The van der Waals surface area contributed by atoms with Crippen LogP contribution in [0.2, 0.25) is 0 Å². The first-order valence-corrected chi connectivity index (χ1v) is 8.58. The van der Waals surface area contributed by atoms with E-state index in [9.17, 15) is 8.42 Å². The van der Waals surface area contributed by atoms with Gasteiger partial charge in [0.05, 0.1) is 0 Å². The Morgan fingerprint density at radius 1 is 1.20 bits per heavy atom. The van der Waals surface area contributed by atoms with Gasteiger partial charge in [0.25, 0.3) is 0 Å². The Morgan fingerprint density at radius 3 is 2.45 bits per heavy atom. The van der Waals surface area contributed by atoms with Crippen molar-refractivity contribution in [3.05, 3.63) is 35.9 Å². The zero-order valence-corrected chi connectivity index (χ0v) is 12.2. The van der Waals surface area contributed by atoms with Crippen molar-refractivity contribution in [3.63, 3.8) is 0 Å². The molecule has 0 saturated carbocycles. The average molecular weight is 295 g/mol. The highest BCUT2D eigenvalue weighted by atomic mass is 32.2. The molecular weight excluding hydrogens is 274 g/mol. The summed E-state index contributed by atoms with van der Waals surface area (Å²) < 4.78 is 26.6. The molecular formula is C14H21N3O2S. The van der Waals surface area contributed by atoms with Crippen LogP contribution < -0.4 is 11.1 Å². The van der Waals surface area contributed by atoms with Gasteiger partial charge in [-0.2, -0.15) is 0 Å². The third-order valence-electron chi connectivity index (χ3n) is 4.46. The highest BCUT2D eigenvalue weighted by Gasteiger charge is 2.43. The number of nitrogens with one attached hydrogen (secondary N) is 1. The first kappa shape index (κ1) is 14.0. The minimum absolute atomic E-state index is 0.209. The Morgan fingerprint density at radius 2 is 1.90 bits per heavy atom. The molecule has 3 rings (SSSR count). The molecule has 0 radical (unpaired) electrons. The second kappa shape index (κ2) is 5.44. The van der Waals surface area contributed by atoms with Crippen LogP contribution in [0.4, 0.5) is 0 Å². The smallest absolute Gasteiger partial charge is 0.219 e. The minimum Gasteiger partial charge on any atom is -0.330 e. The molecule has 20 heavy (non-hydrogen) atoms. The van der Waals surface area contributed by atoms with Crippen molar-refractivity contribution in [1.82, 2.24) is 9.62 Å². The maximum atomic E-state index is 12.5. The van der Waals surface area contributed by atoms with Crippen molar-refractivity contribution in [2.24, 2.45) is 11.7 Å². The number of rotatable bonds is 4. The number of hydrogen-bond acceptors (Lipinski definition) is 4. The van der Waals surface area contributed by atoms with Gasteiger partial charge in [-0.25, -0.2) is 12.7 Å². The molecule has 6 heteroatoms. The first-order chi connectivity index (χ1) is 9.63. The van der Waals surface area contributed by atoms with Crippen LogP contribution in [0.3, 0.4) is 0 Å². The molecule has 1 aromatic rings. The highest BCUT2D eigenvalue weighted by molar-refractivity contribution is 7.89. The van der Waals surface area contributed by atoms with Gasteiger partial charge in [-0.3, -0.25) is 0 Å². The van der Waals surface area contributed by atoms with Crippen LogP contribution in [0, 0.1) is 5.92 Å². The largest absolute Gasteiger partial charge is 0.330 e. The lowest BCUT2D eigenvalue weighted by Crippen LogP contribution is -2.55. The number of nitrogens with two attached hydrogens (primary N) is 1. The summed E-state index contributed by atoms with van der Waals surface area (Å²) in [6, 6.07) is 10.1. The van der Waals surface area contributed by atoms with Crippen molar-refractivity contribution in [2.75, 3.05) is 32.7 Å². The predicted molar refractivity (Wildman–Crippen MR) is 78.9 cm³/mol. The lowest BCUT2D eigenvalue weighted by atomic mass is 9.89. The molecule has 0 unspecified atom stereocenters. The summed E-state index contributed by atoms with van der Waals surface area (Å²) in [6.07, 6.45) is 0. The lowest BCUT2D eigenvalue weighted by molar-refractivity contribution is 0.420. The Kier molecular flexibility index (Phi) is 3.81. The van der Waals surface area contributed by atoms with E-state index in [-0.39, 0.29) is 17.1 Å². The summed E-state index contributed by atoms with van der Waals surface area (Å²) in [7, 11) is -3.17. The SMILES string of the molecule is NC[C@@H]1CN(S(=O)(=O)C2CNC2)C[C@H]1c1ccccc1. The summed E-state index contributed by atoms with van der Waals surface area (Å²) in [5.41, 5.74) is 7.04. The fourth-order valence-electron chi connectivity index (χ4n) is 3.04. The molecule has 5 nitrogen and oxygen atoms in total. The molecule has 0 aromatic heterocycles. The van der Waals surface area contributed by atoms with Crippen molar-refractivity contribution in [3.8, 4) is 0 Å². The van der Waals surface area contributed by atoms with Crippen LogP contribution >= 0.6 is 0 Å². The van der Waals surface area contributed by atoms with Crippen LogP contribution in [0.5, 0.6) is 0 Å². The Balaban J connectivity index is 1.81. The van der Waals surface area contributed by atoms with E-state index in [1.54, 1.807) is 4.31 Å². The topological polar surface area (TPSA) is 75.4 Å². The molecule has 3 N–H and O–H groups in total. The quantitative estimate of drug-likeness (QED) is 0.817. The van der Waals surface area contributed by atoms with Gasteiger partial charge in [-0.15, -0.1) is 0 Å². The average Bonchev–Trinajstić information content (AvgIpc) is 2.82. The molecule has 2 atom stereocenters. The molecule has 0 spiro atoms. The van der Waals surface area contributed by atoms with Gasteiger partial charge >= 0.3 is 0 Å². The standard InChI is InChI=1S/C14H21N3O2S/c15-6-12-9-17(20(18,19)13-7-16-8-13)10-14(12)11-4-2-1-3-5-11/h1-5,12-14,16H,6-10,15H2/t12-,14+/m1/s1. The monoisotopic (exact) mass is 295 g/mol. The van der Waals surface area contributed by atoms with Crippen LogP contribution in [0.25, 0.3) is 0 Å². The molecule has 0 aliphatic carbocycles. The number of benzene rings is 1. The van der Waals surface area contributed by atoms with Gasteiger partial charge in [0.1, 0.15) is 5.25 Å². The molecule has 2 saturated heterocycles. The van der Waals surface area contributed by atoms with E-state index >= 15 is 0 Å². The Bertz CT molecular complexity index is 557. The number of sulfonamides is 1. The lowest BCUT2D eigenvalue weighted by Gasteiger charge is -2.31. The Labute approximate surface area is 120 Å². The van der Waals surface area contributed by atoms with E-state index in [1.807, 2.05) is 18.2 Å². The van der Waals surface area contributed by atoms with E-state index in [4.69, 9.17) is 5.73 Å². The molecule has 0 bridgehead atoms. The minimum atomic E-state index is -3.17. The molecule has 2 fully saturated rings. The van der Waals surface area contributed by atoms with E-state index in [2.05, 4.69) is 17.4 Å². The van der Waals surface area contributed by atoms with Crippen molar-refractivity contribution in [1.29, 1.82) is 0 Å². The van der Waals surface area contributed by atoms with Crippen LogP contribution in [-0.4, -0.2) is 50.7 Å². The summed E-state index contributed by atoms with van der Waals surface area (Å²) in [5.74, 6) is 0.421. The van der Waals surface area contributed by atoms with Gasteiger partial charge in [0.15, 0.2) is 0 Å². The van der Waals surface area contributed by atoms with Crippen molar-refractivity contribution in [2.45, 2.75) is 11.2 Å². The van der Waals surface area contributed by atoms with Gasteiger partial charge in [0, 0.05) is 32.1 Å². The molecule has 0 amide bonds. The molecule has 2 heterocycles. The fourth-order valence-corrected chi connectivity index (χ4v) is 4.89. The summed E-state index contributed by atoms with van der Waals surface area (Å²) in [4.78, 5) is 0. The maximum absolute atomic E-state index is 12.5. The normalized spacial score (nSPS) is 28.4. The second-order valence-corrected chi connectivity index (χ2v) is 7.87. The highest BCUT2D eigenvalue weighted by Crippen LogP contribution is 2.34. The van der Waals surface area contributed by atoms with Crippen molar-refractivity contribution < 1.29 is 8.42 Å². The first-order valence-electron chi connectivity index (χ1n) is 7.07. The van der Waals surface area contributed by atoms with E-state index in [1.165, 1.54) is 5.56 Å². The summed E-state index contributed by atoms with van der Waals surface area (Å²) in [5, 5.41) is 2.77. The van der Waals surface area contributed by atoms with Crippen molar-refractivity contribution >= 4 is 10.0 Å². The predicted octanol–water partition coefficient (Wildman–Crippen LogP) is -0.0377. The van der Waals surface area contributed by atoms with Gasteiger partial charge < -0.3 is 11.1 Å². The van der Waals surface area contributed by atoms with Gasteiger partial charge in [-0.05, 0) is 18.0 Å². The maximum Gasteiger partial charge on any atom is 0.219 e. The third-order valence-corrected chi connectivity index (χ3v) is 6.66. The second-order valence-electron chi connectivity index (χ2n) is 5.66. The number of nitrogens with zero attached hydrogens (tertiary/aromatic N) is 1. The zero-order chi connectivity index (χ0) is 14.2. The van der Waals surface area contributed by atoms with E-state index in [0.717, 1.165) is 0 Å². The van der Waals surface area contributed by atoms with E-state index < -0.39 is 10.0 Å². The molecule has 110 valence electrons. The van der Waals surface area contributed by atoms with Crippen LogP contribution in [0.15, 0.2) is 30.3 Å². The summed E-state index contributed by atoms with van der Waals surface area (Å²) >= 11 is 0. The van der Waals surface area contributed by atoms with E-state index in [0.29, 0.717) is 32.7 Å². The zero-order valence-electron chi connectivity index (χ0n) is 11.4. The fraction of sp³-hybridized carbons (Fsp3) is 0.571. The third kappa shape index (κ3) is 2.37. The Hall–Kier alpha value is -0.950. The number of hydrogen-bond donors (Lipinski definition) is 2. The van der Waals surface area contributed by atoms with Gasteiger partial charge in [0.2, 0.25) is 10.0 Å². The van der Waals surface area contributed by atoms with Gasteiger partial charge in [-0.1, -0.05) is 30.3 Å². The van der Waals surface area contributed by atoms with Crippen LogP contribution in [-0.2, 0) is 10.0 Å². The molecule has 2 aliphatic rings. The van der Waals surface area contributed by atoms with Crippen LogP contribution in [0.1, 0.15) is 11.5 Å².